The maximum atomic E-state index is 3.56. The summed E-state index contributed by atoms with van der Waals surface area (Å²) in [4.78, 5) is 0. The molecule has 0 aliphatic heterocycles. The van der Waals surface area contributed by atoms with Gasteiger partial charge in [-0.3, -0.25) is 0 Å². The molecule has 108 valence electrons. The summed E-state index contributed by atoms with van der Waals surface area (Å²) >= 11 is 3.56. The van der Waals surface area contributed by atoms with Gasteiger partial charge in [-0.2, -0.15) is 0 Å². The van der Waals surface area contributed by atoms with Crippen molar-refractivity contribution in [2.75, 3.05) is 0 Å². The third-order valence-corrected chi connectivity index (χ3v) is 4.74. The lowest BCUT2D eigenvalue weighted by Crippen LogP contribution is -1.92. The maximum Gasteiger partial charge on any atom is 0.0491 e. The summed E-state index contributed by atoms with van der Waals surface area (Å²) in [5.41, 5.74) is 5.12. The number of fused-ring (bicyclic) bond motifs is 3. The standard InChI is InChI=1S/C20H16BrN/c1-2-22-19-9-4-3-8-17(19)18-13-15(10-11-20(18)22)14-6-5-7-16(21)12-14/h3-13H,2H2,1H3. The van der Waals surface area contributed by atoms with Crippen molar-refractivity contribution in [1.29, 1.82) is 0 Å². The molecule has 2 heteroatoms. The highest BCUT2D eigenvalue weighted by Gasteiger charge is 2.10. The zero-order valence-corrected chi connectivity index (χ0v) is 14.0. The highest BCUT2D eigenvalue weighted by molar-refractivity contribution is 9.10. The summed E-state index contributed by atoms with van der Waals surface area (Å²) in [6, 6.07) is 23.9. The molecule has 0 amide bonds. The molecule has 0 N–H and O–H groups in total. The Morgan fingerprint density at radius 3 is 2.36 bits per heavy atom. The first-order valence-corrected chi connectivity index (χ1v) is 8.34. The van der Waals surface area contributed by atoms with Gasteiger partial charge in [-0.25, -0.2) is 0 Å². The molecule has 0 aliphatic carbocycles. The second-order valence-corrected chi connectivity index (χ2v) is 6.42. The van der Waals surface area contributed by atoms with Crippen LogP contribution in [0.1, 0.15) is 6.92 Å². The fourth-order valence-electron chi connectivity index (χ4n) is 3.24. The maximum absolute atomic E-state index is 3.56. The van der Waals surface area contributed by atoms with E-state index >= 15 is 0 Å². The predicted molar refractivity (Wildman–Crippen MR) is 98.3 cm³/mol. The largest absolute Gasteiger partial charge is 0.341 e. The van der Waals surface area contributed by atoms with Gasteiger partial charge in [-0.15, -0.1) is 0 Å². The van der Waals surface area contributed by atoms with E-state index in [-0.39, 0.29) is 0 Å². The van der Waals surface area contributed by atoms with Gasteiger partial charge in [0, 0.05) is 32.8 Å². The number of hydrogen-bond acceptors (Lipinski definition) is 0. The molecule has 0 aliphatic rings. The quantitative estimate of drug-likeness (QED) is 0.403. The zero-order valence-electron chi connectivity index (χ0n) is 12.4. The van der Waals surface area contributed by atoms with Crippen LogP contribution in [0.4, 0.5) is 0 Å². The lowest BCUT2D eigenvalue weighted by Gasteiger charge is -2.05. The van der Waals surface area contributed by atoms with E-state index in [9.17, 15) is 0 Å². The van der Waals surface area contributed by atoms with E-state index in [0.717, 1.165) is 11.0 Å². The number of benzene rings is 3. The predicted octanol–water partition coefficient (Wildman–Crippen LogP) is 6.24. The van der Waals surface area contributed by atoms with Gasteiger partial charge in [0.25, 0.3) is 0 Å². The topological polar surface area (TPSA) is 4.93 Å². The average Bonchev–Trinajstić information content (AvgIpc) is 2.88. The zero-order chi connectivity index (χ0) is 15.1. The van der Waals surface area contributed by atoms with Crippen LogP contribution in [0.5, 0.6) is 0 Å². The monoisotopic (exact) mass is 349 g/mol. The number of aromatic nitrogens is 1. The lowest BCUT2D eigenvalue weighted by molar-refractivity contribution is 0.827. The fourth-order valence-corrected chi connectivity index (χ4v) is 3.64. The van der Waals surface area contributed by atoms with Crippen LogP contribution in [0.25, 0.3) is 32.9 Å². The first-order chi connectivity index (χ1) is 10.8. The van der Waals surface area contributed by atoms with E-state index in [1.165, 1.54) is 32.9 Å². The third-order valence-electron chi connectivity index (χ3n) is 4.25. The molecular weight excluding hydrogens is 334 g/mol. The van der Waals surface area contributed by atoms with Crippen molar-refractivity contribution in [3.8, 4) is 11.1 Å². The number of hydrogen-bond donors (Lipinski definition) is 0. The molecule has 3 aromatic carbocycles. The molecule has 0 radical (unpaired) electrons. The first-order valence-electron chi connectivity index (χ1n) is 7.55. The van der Waals surface area contributed by atoms with Crippen LogP contribution in [0.2, 0.25) is 0 Å². The second-order valence-electron chi connectivity index (χ2n) is 5.50. The second kappa shape index (κ2) is 5.29. The minimum Gasteiger partial charge on any atom is -0.341 e. The molecule has 0 saturated heterocycles. The van der Waals surface area contributed by atoms with Crippen LogP contribution in [-0.4, -0.2) is 4.57 Å². The van der Waals surface area contributed by atoms with E-state index in [1.54, 1.807) is 0 Å². The summed E-state index contributed by atoms with van der Waals surface area (Å²) in [6.45, 7) is 3.19. The van der Waals surface area contributed by atoms with Crippen molar-refractivity contribution in [2.45, 2.75) is 13.5 Å². The number of halogens is 1. The Bertz CT molecular complexity index is 982. The number of aryl methyl sites for hydroxylation is 1. The Morgan fingerprint density at radius 2 is 1.55 bits per heavy atom. The molecule has 0 bridgehead atoms. The van der Waals surface area contributed by atoms with Crippen molar-refractivity contribution >= 4 is 37.7 Å². The summed E-state index contributed by atoms with van der Waals surface area (Å²) in [7, 11) is 0. The third kappa shape index (κ3) is 2.06. The molecule has 0 fully saturated rings. The Hall–Kier alpha value is -2.06. The van der Waals surface area contributed by atoms with Gasteiger partial charge in [0.05, 0.1) is 0 Å². The summed E-state index contributed by atoms with van der Waals surface area (Å²) in [6.07, 6.45) is 0. The van der Waals surface area contributed by atoms with Gasteiger partial charge in [0.15, 0.2) is 0 Å². The van der Waals surface area contributed by atoms with Crippen LogP contribution < -0.4 is 0 Å². The Labute approximate surface area is 138 Å². The van der Waals surface area contributed by atoms with Crippen LogP contribution in [0, 0.1) is 0 Å². The van der Waals surface area contributed by atoms with Crippen molar-refractivity contribution < 1.29 is 0 Å². The fraction of sp³-hybridized carbons (Fsp3) is 0.100. The van der Waals surface area contributed by atoms with E-state index in [1.807, 2.05) is 0 Å². The molecule has 0 spiro atoms. The smallest absolute Gasteiger partial charge is 0.0491 e. The van der Waals surface area contributed by atoms with Crippen molar-refractivity contribution in [2.24, 2.45) is 0 Å². The molecular formula is C20H16BrN. The molecule has 0 atom stereocenters. The van der Waals surface area contributed by atoms with Gasteiger partial charge in [-0.1, -0.05) is 52.3 Å². The van der Waals surface area contributed by atoms with Crippen LogP contribution >= 0.6 is 15.9 Å². The number of rotatable bonds is 2. The molecule has 1 nitrogen and oxygen atoms in total. The van der Waals surface area contributed by atoms with E-state index in [2.05, 4.69) is 94.2 Å². The molecule has 22 heavy (non-hydrogen) atoms. The van der Waals surface area contributed by atoms with Crippen molar-refractivity contribution in [3.63, 3.8) is 0 Å². The molecule has 1 aromatic heterocycles. The first kappa shape index (κ1) is 13.6. The van der Waals surface area contributed by atoms with Crippen LogP contribution in [0.15, 0.2) is 71.2 Å². The van der Waals surface area contributed by atoms with E-state index in [4.69, 9.17) is 0 Å². The van der Waals surface area contributed by atoms with Gasteiger partial charge >= 0.3 is 0 Å². The Balaban J connectivity index is 2.03. The highest BCUT2D eigenvalue weighted by atomic mass is 79.9. The summed E-state index contributed by atoms with van der Waals surface area (Å²) in [5.74, 6) is 0. The Kier molecular flexibility index (Phi) is 3.27. The van der Waals surface area contributed by atoms with E-state index in [0.29, 0.717) is 0 Å². The van der Waals surface area contributed by atoms with Gasteiger partial charge in [0.1, 0.15) is 0 Å². The Morgan fingerprint density at radius 1 is 0.773 bits per heavy atom. The van der Waals surface area contributed by atoms with Crippen LogP contribution in [-0.2, 0) is 6.54 Å². The van der Waals surface area contributed by atoms with Crippen LogP contribution in [0.3, 0.4) is 0 Å². The summed E-state index contributed by atoms with van der Waals surface area (Å²) in [5, 5.41) is 2.66. The molecule has 0 saturated carbocycles. The molecule has 4 rings (SSSR count). The van der Waals surface area contributed by atoms with Gasteiger partial charge in [0.2, 0.25) is 0 Å². The van der Waals surface area contributed by atoms with Gasteiger partial charge < -0.3 is 4.57 Å². The molecule has 4 aromatic rings. The van der Waals surface area contributed by atoms with Crippen molar-refractivity contribution in [3.05, 3.63) is 71.2 Å². The van der Waals surface area contributed by atoms with E-state index < -0.39 is 0 Å². The van der Waals surface area contributed by atoms with Crippen molar-refractivity contribution in [1.82, 2.24) is 4.57 Å². The number of nitrogens with zero attached hydrogens (tertiary/aromatic N) is 1. The molecule has 1 heterocycles. The number of para-hydroxylation sites is 1. The highest BCUT2D eigenvalue weighted by Crippen LogP contribution is 2.33. The minimum atomic E-state index is 0.986. The average molecular weight is 350 g/mol. The normalized spacial score (nSPS) is 11.4. The van der Waals surface area contributed by atoms with Gasteiger partial charge in [-0.05, 0) is 48.4 Å². The lowest BCUT2D eigenvalue weighted by atomic mass is 10.0. The minimum absolute atomic E-state index is 0.986. The molecule has 0 unspecified atom stereocenters. The SMILES string of the molecule is CCn1c2ccccc2c2cc(-c3cccc(Br)c3)ccc21. The summed E-state index contributed by atoms with van der Waals surface area (Å²) < 4.78 is 3.50.